The molecule has 0 unspecified atom stereocenters. The molecule has 0 saturated carbocycles. The van der Waals surface area contributed by atoms with Crippen LogP contribution < -0.4 is 11.1 Å². The lowest BCUT2D eigenvalue weighted by Gasteiger charge is -2.17. The molecule has 0 bridgehead atoms. The molecule has 0 atom stereocenters. The SMILES string of the molecule is Cc1cc2c(cn1)CN(C(=O)Nc1nc(-c3ccccc3)ccc1N)C2. The Labute approximate surface area is 151 Å². The zero-order valence-electron chi connectivity index (χ0n) is 14.4. The van der Waals surface area contributed by atoms with E-state index in [9.17, 15) is 4.79 Å². The summed E-state index contributed by atoms with van der Waals surface area (Å²) in [4.78, 5) is 23.2. The number of aromatic nitrogens is 2. The van der Waals surface area contributed by atoms with Gasteiger partial charge in [0.25, 0.3) is 0 Å². The number of hydrogen-bond acceptors (Lipinski definition) is 4. The van der Waals surface area contributed by atoms with Crippen LogP contribution in [-0.2, 0) is 13.1 Å². The van der Waals surface area contributed by atoms with Crippen molar-refractivity contribution in [3.8, 4) is 11.3 Å². The first-order valence-electron chi connectivity index (χ1n) is 8.42. The maximum Gasteiger partial charge on any atom is 0.323 e. The Kier molecular flexibility index (Phi) is 4.01. The van der Waals surface area contributed by atoms with Crippen molar-refractivity contribution < 1.29 is 4.79 Å². The normalized spacial score (nSPS) is 12.7. The number of nitrogens with zero attached hydrogens (tertiary/aromatic N) is 3. The Morgan fingerprint density at radius 2 is 1.88 bits per heavy atom. The molecule has 26 heavy (non-hydrogen) atoms. The number of amides is 2. The van der Waals surface area contributed by atoms with Gasteiger partial charge in [0.2, 0.25) is 0 Å². The molecule has 3 aromatic rings. The smallest absolute Gasteiger partial charge is 0.323 e. The molecule has 3 N–H and O–H groups in total. The van der Waals surface area contributed by atoms with Gasteiger partial charge in [-0.3, -0.25) is 10.3 Å². The standard InChI is InChI=1S/C20H19N5O/c1-13-9-15-11-25(12-16(15)10-22-13)20(26)24-19-17(21)7-8-18(23-19)14-5-3-2-4-6-14/h2-10H,11-12,21H2,1H3,(H,23,24,26). The average molecular weight is 345 g/mol. The van der Waals surface area contributed by atoms with Crippen LogP contribution in [0.15, 0.2) is 54.7 Å². The van der Waals surface area contributed by atoms with Gasteiger partial charge in [-0.05, 0) is 36.2 Å². The number of urea groups is 1. The van der Waals surface area contributed by atoms with Crippen molar-refractivity contribution in [2.75, 3.05) is 11.1 Å². The van der Waals surface area contributed by atoms with Crippen LogP contribution in [0.2, 0.25) is 0 Å². The number of carbonyl (C=O) groups is 1. The van der Waals surface area contributed by atoms with Crippen LogP contribution in [0.3, 0.4) is 0 Å². The van der Waals surface area contributed by atoms with E-state index in [0.717, 1.165) is 28.1 Å². The van der Waals surface area contributed by atoms with Gasteiger partial charge < -0.3 is 10.6 Å². The summed E-state index contributed by atoms with van der Waals surface area (Å²) < 4.78 is 0. The summed E-state index contributed by atoms with van der Waals surface area (Å²) in [6.07, 6.45) is 1.83. The van der Waals surface area contributed by atoms with Crippen LogP contribution in [0.25, 0.3) is 11.3 Å². The van der Waals surface area contributed by atoms with E-state index in [4.69, 9.17) is 5.73 Å². The first-order valence-corrected chi connectivity index (χ1v) is 8.42. The van der Waals surface area contributed by atoms with Gasteiger partial charge in [0, 0.05) is 30.5 Å². The Hall–Kier alpha value is -3.41. The minimum Gasteiger partial charge on any atom is -0.396 e. The monoisotopic (exact) mass is 345 g/mol. The van der Waals surface area contributed by atoms with E-state index in [0.29, 0.717) is 24.6 Å². The van der Waals surface area contributed by atoms with E-state index in [1.54, 1.807) is 11.0 Å². The lowest BCUT2D eigenvalue weighted by molar-refractivity contribution is 0.212. The van der Waals surface area contributed by atoms with Crippen LogP contribution in [0.4, 0.5) is 16.3 Å². The number of anilines is 2. The van der Waals surface area contributed by atoms with Gasteiger partial charge in [0.05, 0.1) is 11.4 Å². The quantitative estimate of drug-likeness (QED) is 0.743. The molecule has 2 amide bonds. The zero-order chi connectivity index (χ0) is 18.1. The molecular weight excluding hydrogens is 326 g/mol. The second kappa shape index (κ2) is 6.48. The summed E-state index contributed by atoms with van der Waals surface area (Å²) in [5.74, 6) is 0.376. The molecular formula is C20H19N5O. The third-order valence-electron chi connectivity index (χ3n) is 4.45. The Morgan fingerprint density at radius 3 is 2.69 bits per heavy atom. The predicted octanol–water partition coefficient (Wildman–Crippen LogP) is 3.58. The van der Waals surface area contributed by atoms with Crippen molar-refractivity contribution in [3.63, 3.8) is 0 Å². The minimum absolute atomic E-state index is 0.219. The lowest BCUT2D eigenvalue weighted by Crippen LogP contribution is -2.30. The van der Waals surface area contributed by atoms with Crippen LogP contribution >= 0.6 is 0 Å². The summed E-state index contributed by atoms with van der Waals surface area (Å²) in [5.41, 5.74) is 11.3. The number of rotatable bonds is 2. The predicted molar refractivity (Wildman–Crippen MR) is 101 cm³/mol. The van der Waals surface area contributed by atoms with Gasteiger partial charge in [-0.2, -0.15) is 0 Å². The number of benzene rings is 1. The molecule has 3 heterocycles. The fourth-order valence-corrected chi connectivity index (χ4v) is 3.07. The molecule has 0 saturated heterocycles. The van der Waals surface area contributed by atoms with Gasteiger partial charge in [-0.15, -0.1) is 0 Å². The van der Waals surface area contributed by atoms with E-state index < -0.39 is 0 Å². The van der Waals surface area contributed by atoms with Gasteiger partial charge >= 0.3 is 6.03 Å². The van der Waals surface area contributed by atoms with Crippen molar-refractivity contribution in [1.29, 1.82) is 0 Å². The summed E-state index contributed by atoms with van der Waals surface area (Å²) in [6.45, 7) is 3.04. The third-order valence-corrected chi connectivity index (χ3v) is 4.45. The zero-order valence-corrected chi connectivity index (χ0v) is 14.4. The Bertz CT molecular complexity index is 971. The largest absolute Gasteiger partial charge is 0.396 e. The van der Waals surface area contributed by atoms with Crippen molar-refractivity contribution in [3.05, 3.63) is 71.5 Å². The number of nitrogens with two attached hydrogens (primary N) is 1. The number of nitrogens with one attached hydrogen (secondary N) is 1. The van der Waals surface area contributed by atoms with Crippen LogP contribution in [-0.4, -0.2) is 20.9 Å². The molecule has 1 aliphatic heterocycles. The summed E-state index contributed by atoms with van der Waals surface area (Å²) in [5, 5.41) is 2.84. The highest BCUT2D eigenvalue weighted by atomic mass is 16.2. The number of hydrogen-bond donors (Lipinski definition) is 2. The average Bonchev–Trinajstić information content (AvgIpc) is 3.07. The second-order valence-electron chi connectivity index (χ2n) is 6.38. The lowest BCUT2D eigenvalue weighted by atomic mass is 10.1. The van der Waals surface area contributed by atoms with Gasteiger partial charge in [-0.25, -0.2) is 9.78 Å². The Morgan fingerprint density at radius 1 is 1.12 bits per heavy atom. The molecule has 1 aliphatic rings. The first-order chi connectivity index (χ1) is 12.6. The van der Waals surface area contributed by atoms with Gasteiger partial charge in [0.15, 0.2) is 5.82 Å². The van der Waals surface area contributed by atoms with Crippen molar-refractivity contribution in [2.24, 2.45) is 0 Å². The number of nitrogen functional groups attached to an aromatic ring is 1. The third kappa shape index (κ3) is 3.09. The summed E-state index contributed by atoms with van der Waals surface area (Å²) >= 11 is 0. The van der Waals surface area contributed by atoms with Crippen LogP contribution in [0.1, 0.15) is 16.8 Å². The number of carbonyl (C=O) groups excluding carboxylic acids is 1. The molecule has 1 aromatic carbocycles. The van der Waals surface area contributed by atoms with E-state index in [-0.39, 0.29) is 6.03 Å². The number of aryl methyl sites for hydroxylation is 1. The van der Waals surface area contributed by atoms with E-state index in [2.05, 4.69) is 15.3 Å². The van der Waals surface area contributed by atoms with E-state index in [1.165, 1.54) is 0 Å². The fraction of sp³-hybridized carbons (Fsp3) is 0.150. The van der Waals surface area contributed by atoms with Crippen LogP contribution in [0.5, 0.6) is 0 Å². The minimum atomic E-state index is -0.219. The maximum absolute atomic E-state index is 12.7. The molecule has 0 fully saturated rings. The Balaban J connectivity index is 1.53. The molecule has 130 valence electrons. The number of fused-ring (bicyclic) bond motifs is 1. The fourth-order valence-electron chi connectivity index (χ4n) is 3.07. The molecule has 0 spiro atoms. The first kappa shape index (κ1) is 16.1. The highest BCUT2D eigenvalue weighted by molar-refractivity contribution is 5.92. The van der Waals surface area contributed by atoms with Gasteiger partial charge in [0.1, 0.15) is 0 Å². The molecule has 4 rings (SSSR count). The molecule has 6 nitrogen and oxygen atoms in total. The van der Waals surface area contributed by atoms with Crippen LogP contribution in [0, 0.1) is 6.92 Å². The van der Waals surface area contributed by atoms with E-state index in [1.807, 2.05) is 55.6 Å². The molecule has 0 aliphatic carbocycles. The summed E-state index contributed by atoms with van der Waals surface area (Å²) in [6, 6.07) is 15.2. The highest BCUT2D eigenvalue weighted by Gasteiger charge is 2.24. The second-order valence-corrected chi connectivity index (χ2v) is 6.38. The topological polar surface area (TPSA) is 84.1 Å². The van der Waals surface area contributed by atoms with Gasteiger partial charge in [-0.1, -0.05) is 30.3 Å². The maximum atomic E-state index is 12.7. The molecule has 2 aromatic heterocycles. The highest BCUT2D eigenvalue weighted by Crippen LogP contribution is 2.26. The summed E-state index contributed by atoms with van der Waals surface area (Å²) in [7, 11) is 0. The molecule has 0 radical (unpaired) electrons. The number of pyridine rings is 2. The molecule has 6 heteroatoms. The van der Waals surface area contributed by atoms with Crippen molar-refractivity contribution >= 4 is 17.5 Å². The van der Waals surface area contributed by atoms with Crippen molar-refractivity contribution in [1.82, 2.24) is 14.9 Å². The van der Waals surface area contributed by atoms with Crippen molar-refractivity contribution in [2.45, 2.75) is 20.0 Å². The van der Waals surface area contributed by atoms with E-state index >= 15 is 0 Å².